The van der Waals surface area contributed by atoms with Gasteiger partial charge in [-0.15, -0.1) is 0 Å². The molecule has 5 heteroatoms. The number of pyridine rings is 1. The number of carbonyl (C=O) groups is 1. The Kier molecular flexibility index (Phi) is 6.54. The summed E-state index contributed by atoms with van der Waals surface area (Å²) in [4.78, 5) is 20.0. The lowest BCUT2D eigenvalue weighted by atomic mass is 9.80. The van der Waals surface area contributed by atoms with Crippen molar-refractivity contribution in [3.8, 4) is 6.07 Å². The predicted octanol–water partition coefficient (Wildman–Crippen LogP) is 6.61. The van der Waals surface area contributed by atoms with Crippen LogP contribution in [0.25, 0.3) is 10.9 Å². The van der Waals surface area contributed by atoms with Crippen molar-refractivity contribution in [1.29, 1.82) is 5.26 Å². The standard InChI is InChI=1S/C30H26FN3O/c31-25-12-15-29-28(18-25)27(16-17-33-29)23-10-13-26(14-11-23)34(20-22-4-2-1-3-5-22)30(35)24-8-6-21(19-32)7-9-24/h1-9,12,15-18,23,26H,10-11,13-14,20H2. The van der Waals surface area contributed by atoms with E-state index in [1.807, 2.05) is 41.3 Å². The Hall–Kier alpha value is -4.04. The zero-order valence-electron chi connectivity index (χ0n) is 19.4. The second-order valence-electron chi connectivity index (χ2n) is 9.17. The Morgan fingerprint density at radius 3 is 2.43 bits per heavy atom. The molecule has 0 unspecified atom stereocenters. The van der Waals surface area contributed by atoms with Crippen LogP contribution in [0.15, 0.2) is 85.1 Å². The number of benzene rings is 3. The summed E-state index contributed by atoms with van der Waals surface area (Å²) in [5.41, 5.74) is 4.18. The van der Waals surface area contributed by atoms with E-state index in [1.165, 1.54) is 6.07 Å². The average molecular weight is 464 g/mol. The van der Waals surface area contributed by atoms with Crippen molar-refractivity contribution in [3.05, 3.63) is 113 Å². The van der Waals surface area contributed by atoms with Crippen LogP contribution in [0.5, 0.6) is 0 Å². The first-order chi connectivity index (χ1) is 17.1. The molecular weight excluding hydrogens is 437 g/mol. The molecule has 3 aromatic carbocycles. The van der Waals surface area contributed by atoms with Crippen molar-refractivity contribution in [2.75, 3.05) is 0 Å². The van der Waals surface area contributed by atoms with Crippen LogP contribution < -0.4 is 0 Å². The topological polar surface area (TPSA) is 57.0 Å². The Labute approximate surface area is 204 Å². The van der Waals surface area contributed by atoms with Crippen LogP contribution in [-0.4, -0.2) is 21.8 Å². The summed E-state index contributed by atoms with van der Waals surface area (Å²) >= 11 is 0. The third-order valence-corrected chi connectivity index (χ3v) is 7.03. The van der Waals surface area contributed by atoms with E-state index in [4.69, 9.17) is 5.26 Å². The maximum atomic E-state index is 14.0. The van der Waals surface area contributed by atoms with Crippen molar-refractivity contribution in [1.82, 2.24) is 9.88 Å². The second kappa shape index (κ2) is 10.1. The smallest absolute Gasteiger partial charge is 0.254 e. The van der Waals surface area contributed by atoms with Crippen molar-refractivity contribution < 1.29 is 9.18 Å². The molecule has 1 amide bonds. The highest BCUT2D eigenvalue weighted by Crippen LogP contribution is 2.38. The summed E-state index contributed by atoms with van der Waals surface area (Å²) in [5, 5.41) is 9.99. The third kappa shape index (κ3) is 4.93. The highest BCUT2D eigenvalue weighted by Gasteiger charge is 2.31. The summed E-state index contributed by atoms with van der Waals surface area (Å²) in [5.74, 6) is 0.0443. The van der Waals surface area contributed by atoms with Crippen molar-refractivity contribution in [2.45, 2.75) is 44.2 Å². The van der Waals surface area contributed by atoms with Gasteiger partial charge in [0.25, 0.3) is 5.91 Å². The molecule has 5 rings (SSSR count). The Morgan fingerprint density at radius 1 is 0.971 bits per heavy atom. The van der Waals surface area contributed by atoms with Crippen LogP contribution in [0, 0.1) is 17.1 Å². The lowest BCUT2D eigenvalue weighted by molar-refractivity contribution is 0.0606. The largest absolute Gasteiger partial charge is 0.331 e. The van der Waals surface area contributed by atoms with Gasteiger partial charge in [0.1, 0.15) is 5.82 Å². The minimum absolute atomic E-state index is 0.0155. The quantitative estimate of drug-likeness (QED) is 0.334. The first-order valence-corrected chi connectivity index (χ1v) is 12.0. The highest BCUT2D eigenvalue weighted by molar-refractivity contribution is 5.94. The van der Waals surface area contributed by atoms with Gasteiger partial charge in [-0.05, 0) is 91.3 Å². The van der Waals surface area contributed by atoms with E-state index in [-0.39, 0.29) is 17.8 Å². The van der Waals surface area contributed by atoms with Crippen molar-refractivity contribution in [3.63, 3.8) is 0 Å². The van der Waals surface area contributed by atoms with Crippen LogP contribution in [0.1, 0.15) is 58.6 Å². The maximum Gasteiger partial charge on any atom is 0.254 e. The van der Waals surface area contributed by atoms with Gasteiger partial charge in [0.05, 0.1) is 17.1 Å². The highest BCUT2D eigenvalue weighted by atomic mass is 19.1. The fraction of sp³-hybridized carbons (Fsp3) is 0.233. The first kappa shape index (κ1) is 22.7. The first-order valence-electron chi connectivity index (χ1n) is 12.0. The number of hydrogen-bond acceptors (Lipinski definition) is 3. The van der Waals surface area contributed by atoms with Crippen LogP contribution >= 0.6 is 0 Å². The summed E-state index contributed by atoms with van der Waals surface area (Å²) in [6.07, 6.45) is 5.40. The molecule has 0 bridgehead atoms. The van der Waals surface area contributed by atoms with Gasteiger partial charge in [-0.1, -0.05) is 30.3 Å². The van der Waals surface area contributed by atoms with Gasteiger partial charge in [0, 0.05) is 29.7 Å². The molecule has 4 aromatic rings. The zero-order chi connectivity index (χ0) is 24.2. The summed E-state index contributed by atoms with van der Waals surface area (Å²) < 4.78 is 14.0. The molecular formula is C30H26FN3O. The zero-order valence-corrected chi connectivity index (χ0v) is 19.4. The van der Waals surface area contributed by atoms with Crippen molar-refractivity contribution >= 4 is 16.8 Å². The molecule has 1 fully saturated rings. The molecule has 0 atom stereocenters. The van der Waals surface area contributed by atoms with Gasteiger partial charge < -0.3 is 4.90 Å². The van der Waals surface area contributed by atoms with Gasteiger partial charge in [-0.25, -0.2) is 4.39 Å². The minimum atomic E-state index is -0.248. The fourth-order valence-electron chi connectivity index (χ4n) is 5.19. The fourth-order valence-corrected chi connectivity index (χ4v) is 5.19. The van der Waals surface area contributed by atoms with Crippen LogP contribution in [0.4, 0.5) is 4.39 Å². The molecule has 0 saturated heterocycles. The van der Waals surface area contributed by atoms with E-state index in [9.17, 15) is 9.18 Å². The average Bonchev–Trinajstić information content (AvgIpc) is 2.92. The van der Waals surface area contributed by atoms with Crippen LogP contribution in [0.2, 0.25) is 0 Å². The molecule has 1 saturated carbocycles. The van der Waals surface area contributed by atoms with E-state index in [0.717, 1.165) is 47.7 Å². The van der Waals surface area contributed by atoms with Gasteiger partial charge in [0.15, 0.2) is 0 Å². The van der Waals surface area contributed by atoms with Crippen molar-refractivity contribution in [2.24, 2.45) is 0 Å². The molecule has 35 heavy (non-hydrogen) atoms. The van der Waals surface area contributed by atoms with Gasteiger partial charge in [-0.3, -0.25) is 9.78 Å². The molecule has 0 radical (unpaired) electrons. The second-order valence-corrected chi connectivity index (χ2v) is 9.17. The molecule has 174 valence electrons. The minimum Gasteiger partial charge on any atom is -0.331 e. The van der Waals surface area contributed by atoms with E-state index in [0.29, 0.717) is 23.6 Å². The SMILES string of the molecule is N#Cc1ccc(C(=O)N(Cc2ccccc2)C2CCC(c3ccnc4ccc(F)cc34)CC2)cc1. The van der Waals surface area contributed by atoms with Crippen LogP contribution in [-0.2, 0) is 6.54 Å². The number of aromatic nitrogens is 1. The number of nitriles is 1. The Bertz CT molecular complexity index is 1370. The molecule has 1 aliphatic carbocycles. The van der Waals surface area contributed by atoms with E-state index in [1.54, 1.807) is 42.6 Å². The van der Waals surface area contributed by atoms with Gasteiger partial charge >= 0.3 is 0 Å². The molecule has 4 nitrogen and oxygen atoms in total. The molecule has 1 aliphatic rings. The number of amides is 1. The summed E-state index contributed by atoms with van der Waals surface area (Å²) in [6.45, 7) is 0.540. The molecule has 0 aliphatic heterocycles. The van der Waals surface area contributed by atoms with E-state index < -0.39 is 0 Å². The number of fused-ring (bicyclic) bond motifs is 1. The van der Waals surface area contributed by atoms with E-state index in [2.05, 4.69) is 11.1 Å². The monoisotopic (exact) mass is 463 g/mol. The summed E-state index contributed by atoms with van der Waals surface area (Å²) in [6, 6.07) is 25.9. The molecule has 0 N–H and O–H groups in total. The predicted molar refractivity (Wildman–Crippen MR) is 134 cm³/mol. The molecule has 1 heterocycles. The number of carbonyl (C=O) groups excluding carboxylic acids is 1. The Balaban J connectivity index is 1.38. The normalized spacial score (nSPS) is 17.6. The number of rotatable bonds is 5. The van der Waals surface area contributed by atoms with Gasteiger partial charge in [-0.2, -0.15) is 5.26 Å². The Morgan fingerprint density at radius 2 is 1.71 bits per heavy atom. The maximum absolute atomic E-state index is 14.0. The molecule has 1 aromatic heterocycles. The van der Waals surface area contributed by atoms with Gasteiger partial charge in [0.2, 0.25) is 0 Å². The third-order valence-electron chi connectivity index (χ3n) is 7.03. The number of hydrogen-bond donors (Lipinski definition) is 0. The number of halogens is 1. The lowest BCUT2D eigenvalue weighted by Crippen LogP contribution is -2.41. The van der Waals surface area contributed by atoms with E-state index >= 15 is 0 Å². The molecule has 0 spiro atoms. The lowest BCUT2D eigenvalue weighted by Gasteiger charge is -2.37. The summed E-state index contributed by atoms with van der Waals surface area (Å²) in [7, 11) is 0. The number of nitrogens with zero attached hydrogens (tertiary/aromatic N) is 3. The van der Waals surface area contributed by atoms with Crippen LogP contribution in [0.3, 0.4) is 0 Å².